The molecule has 1 aliphatic rings. The second-order valence-electron chi connectivity index (χ2n) is 4.07. The molecule has 2 rings (SSSR count). The molecular formula is C9H11ClHgN2O5. The number of aliphatic hydroxyl groups excluding tert-OH is 2. The summed E-state index contributed by atoms with van der Waals surface area (Å²) in [5.74, 6) is 0. The Kier molecular flexibility index (Phi) is 4.60. The predicted octanol–water partition coefficient (Wildman–Crippen LogP) is -1.96. The van der Waals surface area contributed by atoms with Crippen molar-refractivity contribution >= 4 is 11.3 Å². The molecule has 0 aliphatic carbocycles. The number of aromatic amines is 1. The summed E-state index contributed by atoms with van der Waals surface area (Å²) in [7, 11) is 5.80. The summed E-state index contributed by atoms with van der Waals surface area (Å²) >= 11 is -1.95. The van der Waals surface area contributed by atoms with Gasteiger partial charge in [0.05, 0.1) is 0 Å². The van der Waals surface area contributed by atoms with E-state index in [9.17, 15) is 14.7 Å². The first-order chi connectivity index (χ1) is 8.56. The van der Waals surface area contributed by atoms with Crippen LogP contribution in [0.15, 0.2) is 15.8 Å². The van der Waals surface area contributed by atoms with E-state index in [4.69, 9.17) is 18.1 Å². The Morgan fingerprint density at radius 3 is 2.89 bits per heavy atom. The van der Waals surface area contributed by atoms with Crippen LogP contribution in [0.2, 0.25) is 0 Å². The fraction of sp³-hybridized carbons (Fsp3) is 0.556. The van der Waals surface area contributed by atoms with Crippen molar-refractivity contribution in [3.8, 4) is 0 Å². The molecule has 0 bridgehead atoms. The zero-order valence-corrected chi connectivity index (χ0v) is 15.6. The van der Waals surface area contributed by atoms with Gasteiger partial charge in [-0.2, -0.15) is 0 Å². The van der Waals surface area contributed by atoms with E-state index in [-0.39, 0.29) is 13.0 Å². The Labute approximate surface area is 117 Å². The van der Waals surface area contributed by atoms with Crippen molar-refractivity contribution in [1.82, 2.24) is 9.55 Å². The molecule has 1 aliphatic heterocycles. The molecular weight excluding hydrogens is 452 g/mol. The van der Waals surface area contributed by atoms with Gasteiger partial charge in [-0.05, 0) is 0 Å². The molecule has 2 heterocycles. The van der Waals surface area contributed by atoms with Gasteiger partial charge in [-0.1, -0.05) is 0 Å². The molecule has 0 aromatic carbocycles. The first-order valence-electron chi connectivity index (χ1n) is 5.41. The number of aromatic nitrogens is 2. The van der Waals surface area contributed by atoms with Crippen LogP contribution in [0.3, 0.4) is 0 Å². The quantitative estimate of drug-likeness (QED) is 0.452. The Morgan fingerprint density at radius 2 is 2.33 bits per heavy atom. The van der Waals surface area contributed by atoms with Crippen molar-refractivity contribution in [2.75, 3.05) is 6.61 Å². The first-order valence-corrected chi connectivity index (χ1v) is 14.9. The van der Waals surface area contributed by atoms with Crippen molar-refractivity contribution in [2.24, 2.45) is 0 Å². The van der Waals surface area contributed by atoms with Gasteiger partial charge < -0.3 is 0 Å². The van der Waals surface area contributed by atoms with Gasteiger partial charge in [0.15, 0.2) is 0 Å². The van der Waals surface area contributed by atoms with Crippen LogP contribution in [-0.4, -0.2) is 38.6 Å². The summed E-state index contributed by atoms with van der Waals surface area (Å²) in [4.78, 5) is 25.2. The van der Waals surface area contributed by atoms with Crippen molar-refractivity contribution in [3.63, 3.8) is 0 Å². The van der Waals surface area contributed by atoms with Gasteiger partial charge in [0.25, 0.3) is 0 Å². The van der Waals surface area contributed by atoms with E-state index in [0.29, 0.717) is 3.07 Å². The third-order valence-electron chi connectivity index (χ3n) is 2.88. The van der Waals surface area contributed by atoms with Crippen LogP contribution in [0.25, 0.3) is 0 Å². The third-order valence-corrected chi connectivity index (χ3v) is 8.48. The molecule has 3 N–H and O–H groups in total. The van der Waals surface area contributed by atoms with Crippen LogP contribution in [0.4, 0.5) is 0 Å². The van der Waals surface area contributed by atoms with Crippen LogP contribution >= 0.6 is 8.25 Å². The molecule has 1 aromatic rings. The SMILES string of the molecule is O=c1[nH]c(=O)n([C@@H]2CC(O)[C@H](CO)O2)c[c]1[Hg][Cl]. The number of nitrogens with one attached hydrogen (secondary N) is 1. The van der Waals surface area contributed by atoms with E-state index in [1.165, 1.54) is 10.8 Å². The van der Waals surface area contributed by atoms with E-state index in [1.807, 2.05) is 0 Å². The van der Waals surface area contributed by atoms with Gasteiger partial charge in [0, 0.05) is 0 Å². The van der Waals surface area contributed by atoms with E-state index in [2.05, 4.69) is 4.98 Å². The molecule has 0 amide bonds. The second-order valence-corrected chi connectivity index (χ2v) is 10.4. The molecule has 0 spiro atoms. The topological polar surface area (TPSA) is 105 Å². The summed E-state index contributed by atoms with van der Waals surface area (Å²) in [5, 5.41) is 18.6. The summed E-state index contributed by atoms with van der Waals surface area (Å²) in [6, 6.07) is 0. The average Bonchev–Trinajstić information content (AvgIpc) is 2.70. The minimum absolute atomic E-state index is 0.190. The average molecular weight is 463 g/mol. The van der Waals surface area contributed by atoms with E-state index < -0.39 is 53.0 Å². The number of hydrogen-bond acceptors (Lipinski definition) is 5. The van der Waals surface area contributed by atoms with E-state index in [0.717, 1.165) is 0 Å². The summed E-state index contributed by atoms with van der Waals surface area (Å²) in [6.07, 6.45) is -0.625. The minimum atomic E-state index is -1.95. The summed E-state index contributed by atoms with van der Waals surface area (Å²) in [5.41, 5.74) is -1.04. The number of aliphatic hydroxyl groups is 2. The van der Waals surface area contributed by atoms with Gasteiger partial charge in [-0.15, -0.1) is 0 Å². The van der Waals surface area contributed by atoms with Crippen molar-refractivity contribution < 1.29 is 38.3 Å². The first kappa shape index (κ1) is 14.2. The summed E-state index contributed by atoms with van der Waals surface area (Å²) in [6.45, 7) is -0.321. The fourth-order valence-electron chi connectivity index (χ4n) is 1.89. The molecule has 96 valence electrons. The van der Waals surface area contributed by atoms with Crippen LogP contribution in [-0.2, 0) is 28.1 Å². The molecule has 1 aromatic heterocycles. The van der Waals surface area contributed by atoms with Crippen LogP contribution in [0.5, 0.6) is 0 Å². The van der Waals surface area contributed by atoms with Crippen LogP contribution in [0, 0.1) is 0 Å². The fourth-order valence-corrected chi connectivity index (χ4v) is 5.41. The zero-order chi connectivity index (χ0) is 13.3. The van der Waals surface area contributed by atoms with E-state index in [1.54, 1.807) is 0 Å². The van der Waals surface area contributed by atoms with Crippen LogP contribution in [0.1, 0.15) is 12.6 Å². The van der Waals surface area contributed by atoms with Crippen molar-refractivity contribution in [3.05, 3.63) is 27.0 Å². The van der Waals surface area contributed by atoms with Gasteiger partial charge >= 0.3 is 118 Å². The van der Waals surface area contributed by atoms with Gasteiger partial charge in [-0.3, -0.25) is 0 Å². The predicted molar refractivity (Wildman–Crippen MR) is 58.4 cm³/mol. The van der Waals surface area contributed by atoms with Crippen molar-refractivity contribution in [2.45, 2.75) is 24.9 Å². The molecule has 18 heavy (non-hydrogen) atoms. The van der Waals surface area contributed by atoms with Gasteiger partial charge in [-0.25, -0.2) is 0 Å². The number of rotatable bonds is 3. The van der Waals surface area contributed by atoms with E-state index >= 15 is 0 Å². The second kappa shape index (κ2) is 5.83. The zero-order valence-electron chi connectivity index (χ0n) is 9.38. The standard InChI is InChI=1S/C9H11N2O5.ClH.Hg/c12-4-6-5(13)3-8(16-6)11-2-1-7(14)10-9(11)15;;/h2,5-6,8,12-13H,3-4H2,(H,10,14,15);1H;/q;;+1/p-1/t5?,6-,8-;;/m0../s1. The Balaban J connectivity index is 2.35. The number of ether oxygens (including phenoxy) is 1. The number of H-pyrrole nitrogens is 1. The summed E-state index contributed by atoms with van der Waals surface area (Å²) < 4.78 is 7.03. The van der Waals surface area contributed by atoms with Crippen LogP contribution < -0.4 is 14.3 Å². The number of hydrogen-bond donors (Lipinski definition) is 3. The molecule has 7 nitrogen and oxygen atoms in total. The maximum atomic E-state index is 11.7. The molecule has 1 unspecified atom stereocenters. The number of nitrogens with zero attached hydrogens (tertiary/aromatic N) is 1. The van der Waals surface area contributed by atoms with Gasteiger partial charge in [0.1, 0.15) is 0 Å². The molecule has 3 atom stereocenters. The Hall–Kier alpha value is -0.215. The normalized spacial score (nSPS) is 27.2. The maximum absolute atomic E-state index is 11.7. The molecule has 9 heteroatoms. The van der Waals surface area contributed by atoms with Crippen molar-refractivity contribution in [1.29, 1.82) is 0 Å². The van der Waals surface area contributed by atoms with Gasteiger partial charge in [0.2, 0.25) is 0 Å². The molecule has 1 fully saturated rings. The number of halogens is 1. The monoisotopic (exact) mass is 464 g/mol. The third kappa shape index (κ3) is 2.69. The Morgan fingerprint density at radius 1 is 1.61 bits per heavy atom. The molecule has 0 saturated carbocycles. The molecule has 1 saturated heterocycles. The molecule has 0 radical (unpaired) electrons. The Bertz CT molecular complexity index is 544.